The second kappa shape index (κ2) is 9.13. The SMILES string of the molecule is CCCCP(Cl)(CCCC)(CCCC)C[Si](C)(C)OC. The Balaban J connectivity index is 5.27. The van der Waals surface area contributed by atoms with Crippen LogP contribution < -0.4 is 0 Å². The number of rotatable bonds is 12. The van der Waals surface area contributed by atoms with Crippen LogP contribution in [0.1, 0.15) is 59.3 Å². The average Bonchev–Trinajstić information content (AvgIpc) is 2.41. The fraction of sp³-hybridized carbons (Fsp3) is 1.00. The summed E-state index contributed by atoms with van der Waals surface area (Å²) < 4.78 is 5.89. The van der Waals surface area contributed by atoms with Gasteiger partial charge in [-0.25, -0.2) is 0 Å². The molecule has 20 heavy (non-hydrogen) atoms. The van der Waals surface area contributed by atoms with Gasteiger partial charge in [-0.15, -0.1) is 0 Å². The molecule has 0 radical (unpaired) electrons. The number of hydrogen-bond donors (Lipinski definition) is 0. The van der Waals surface area contributed by atoms with Gasteiger partial charge < -0.3 is 0 Å². The Morgan fingerprint density at radius 3 is 1.45 bits per heavy atom. The monoisotopic (exact) mass is 340 g/mol. The fourth-order valence-corrected chi connectivity index (χ4v) is 20.9. The summed E-state index contributed by atoms with van der Waals surface area (Å²) in [5.74, 6) is -0.875. The van der Waals surface area contributed by atoms with Crippen LogP contribution in [0.25, 0.3) is 0 Å². The third-order valence-electron chi connectivity index (χ3n) is 4.54. The van der Waals surface area contributed by atoms with Crippen molar-refractivity contribution in [2.45, 2.75) is 72.4 Å². The minimum absolute atomic E-state index is 1.22. The molecule has 0 aromatic heterocycles. The Morgan fingerprint density at radius 2 is 1.20 bits per heavy atom. The first-order valence-electron chi connectivity index (χ1n) is 8.52. The van der Waals surface area contributed by atoms with E-state index in [9.17, 15) is 0 Å². The molecule has 0 aromatic carbocycles. The van der Waals surface area contributed by atoms with Crippen molar-refractivity contribution in [2.75, 3.05) is 31.4 Å². The molecule has 0 aliphatic heterocycles. The Kier molecular flexibility index (Phi) is 9.54. The van der Waals surface area contributed by atoms with Gasteiger partial charge in [0.25, 0.3) is 0 Å². The van der Waals surface area contributed by atoms with Crippen molar-refractivity contribution in [1.82, 2.24) is 0 Å². The fourth-order valence-electron chi connectivity index (χ4n) is 3.25. The molecule has 0 heterocycles. The van der Waals surface area contributed by atoms with Crippen molar-refractivity contribution in [3.8, 4) is 0 Å². The number of unbranched alkanes of at least 4 members (excludes halogenated alkanes) is 3. The van der Waals surface area contributed by atoms with E-state index in [1.165, 1.54) is 62.8 Å². The van der Waals surface area contributed by atoms with Crippen LogP contribution in [0.15, 0.2) is 0 Å². The van der Waals surface area contributed by atoms with Gasteiger partial charge in [-0.2, -0.15) is 0 Å². The predicted molar refractivity (Wildman–Crippen MR) is 101 cm³/mol. The molecule has 0 unspecified atom stereocenters. The molecule has 0 fully saturated rings. The Bertz CT molecular complexity index is 247. The zero-order valence-electron chi connectivity index (χ0n) is 14.8. The van der Waals surface area contributed by atoms with Gasteiger partial charge in [-0.1, -0.05) is 0 Å². The summed E-state index contributed by atoms with van der Waals surface area (Å²) in [5, 5.41) is 0. The van der Waals surface area contributed by atoms with Gasteiger partial charge in [0.15, 0.2) is 0 Å². The van der Waals surface area contributed by atoms with Crippen LogP contribution in [0.3, 0.4) is 0 Å². The van der Waals surface area contributed by atoms with Gasteiger partial charge in [0.05, 0.1) is 0 Å². The molecule has 0 rings (SSSR count). The maximum absolute atomic E-state index is 7.58. The van der Waals surface area contributed by atoms with Gasteiger partial charge >= 0.3 is 134 Å². The summed E-state index contributed by atoms with van der Waals surface area (Å²) in [4.78, 5) is 0. The Labute approximate surface area is 134 Å². The maximum atomic E-state index is 7.58. The topological polar surface area (TPSA) is 9.23 Å². The summed E-state index contributed by atoms with van der Waals surface area (Å²) in [6.45, 7) is 11.6. The van der Waals surface area contributed by atoms with Gasteiger partial charge in [0.1, 0.15) is 0 Å². The zero-order valence-corrected chi connectivity index (χ0v) is 17.5. The molecule has 0 saturated heterocycles. The van der Waals surface area contributed by atoms with Gasteiger partial charge in [0.2, 0.25) is 0 Å². The summed E-state index contributed by atoms with van der Waals surface area (Å²) in [5.41, 5.74) is 0. The van der Waals surface area contributed by atoms with E-state index in [4.69, 9.17) is 15.7 Å². The van der Waals surface area contributed by atoms with Crippen LogP contribution in [-0.4, -0.2) is 39.7 Å². The van der Waals surface area contributed by atoms with Crippen LogP contribution in [0.4, 0.5) is 0 Å². The van der Waals surface area contributed by atoms with Crippen molar-refractivity contribution in [2.24, 2.45) is 0 Å². The van der Waals surface area contributed by atoms with E-state index in [0.717, 1.165) is 0 Å². The van der Waals surface area contributed by atoms with E-state index in [2.05, 4.69) is 33.9 Å². The summed E-state index contributed by atoms with van der Waals surface area (Å²) in [6.07, 6.45) is 11.5. The van der Waals surface area contributed by atoms with Crippen LogP contribution in [0, 0.1) is 0 Å². The molecule has 0 aliphatic rings. The van der Waals surface area contributed by atoms with Crippen molar-refractivity contribution in [1.29, 1.82) is 0 Å². The van der Waals surface area contributed by atoms with Gasteiger partial charge in [-0.05, 0) is 0 Å². The summed E-state index contributed by atoms with van der Waals surface area (Å²) >= 11 is 7.58. The van der Waals surface area contributed by atoms with E-state index in [1.807, 2.05) is 7.11 Å². The Morgan fingerprint density at radius 1 is 0.850 bits per heavy atom. The van der Waals surface area contributed by atoms with Crippen LogP contribution >= 0.6 is 17.2 Å². The first-order valence-corrected chi connectivity index (χ1v) is 15.5. The van der Waals surface area contributed by atoms with E-state index < -0.39 is 14.3 Å². The first-order chi connectivity index (χ1) is 9.25. The van der Waals surface area contributed by atoms with Crippen molar-refractivity contribution in [3.05, 3.63) is 0 Å². The van der Waals surface area contributed by atoms with Gasteiger partial charge in [0, 0.05) is 0 Å². The standard InChI is InChI=1S/C16H38ClOPSi/c1-7-10-13-19(17,14-11-8-2,15-12-9-3)16-20(5,6)18-4/h7-16H2,1-6H3. The summed E-state index contributed by atoms with van der Waals surface area (Å²) in [7, 11) is 0.284. The molecule has 0 aromatic rings. The second-order valence-electron chi connectivity index (χ2n) is 7.17. The van der Waals surface area contributed by atoms with E-state index in [-0.39, 0.29) is 0 Å². The van der Waals surface area contributed by atoms with Crippen molar-refractivity contribution in [3.63, 3.8) is 0 Å². The van der Waals surface area contributed by atoms with Gasteiger partial charge in [-0.3, -0.25) is 0 Å². The molecular formula is C16H38ClOPSi. The van der Waals surface area contributed by atoms with E-state index >= 15 is 0 Å². The molecule has 1 nitrogen and oxygen atoms in total. The summed E-state index contributed by atoms with van der Waals surface area (Å²) in [6, 6.07) is 0. The molecule has 0 bridgehead atoms. The molecular weight excluding hydrogens is 303 g/mol. The van der Waals surface area contributed by atoms with Crippen LogP contribution in [0.2, 0.25) is 13.1 Å². The quantitative estimate of drug-likeness (QED) is 0.291. The van der Waals surface area contributed by atoms with E-state index in [0.29, 0.717) is 0 Å². The second-order valence-corrected chi connectivity index (χ2v) is 20.2. The van der Waals surface area contributed by atoms with Crippen LogP contribution in [0.5, 0.6) is 0 Å². The molecule has 0 spiro atoms. The minimum atomic E-state index is -2.09. The molecule has 0 amide bonds. The number of halogens is 1. The average molecular weight is 341 g/mol. The number of hydrogen-bond acceptors (Lipinski definition) is 1. The van der Waals surface area contributed by atoms with Crippen LogP contribution in [-0.2, 0) is 4.43 Å². The molecule has 124 valence electrons. The first kappa shape index (κ1) is 20.9. The Hall–Kier alpha value is 0.897. The third-order valence-corrected chi connectivity index (χ3v) is 18.8. The zero-order chi connectivity index (χ0) is 15.7. The molecule has 0 saturated carbocycles. The van der Waals surface area contributed by atoms with Crippen molar-refractivity contribution < 1.29 is 4.43 Å². The molecule has 0 atom stereocenters. The molecule has 0 N–H and O–H groups in total. The normalized spacial score (nSPS) is 15.1. The molecule has 0 aliphatic carbocycles. The van der Waals surface area contributed by atoms with Crippen molar-refractivity contribution >= 4 is 25.5 Å². The molecule has 4 heteroatoms. The third kappa shape index (κ3) is 7.25. The predicted octanol–water partition coefficient (Wildman–Crippen LogP) is 6.48. The van der Waals surface area contributed by atoms with E-state index in [1.54, 1.807) is 0 Å².